The largest absolute Gasteiger partial charge is 0.454 e. The number of rotatable bonds is 3. The van der Waals surface area contributed by atoms with Gasteiger partial charge in [-0.2, -0.15) is 13.2 Å². The van der Waals surface area contributed by atoms with E-state index in [2.05, 4.69) is 5.43 Å². The molecule has 0 aliphatic carbocycles. The first-order valence-electron chi connectivity index (χ1n) is 9.47. The van der Waals surface area contributed by atoms with Crippen LogP contribution >= 0.6 is 0 Å². The van der Waals surface area contributed by atoms with Crippen molar-refractivity contribution in [1.29, 1.82) is 0 Å². The minimum absolute atomic E-state index is 0.0816. The van der Waals surface area contributed by atoms with Crippen molar-refractivity contribution in [3.63, 3.8) is 0 Å². The van der Waals surface area contributed by atoms with E-state index in [9.17, 15) is 18.0 Å². The van der Waals surface area contributed by atoms with Crippen LogP contribution in [0.2, 0.25) is 0 Å². The summed E-state index contributed by atoms with van der Waals surface area (Å²) in [7, 11) is 0. The molecule has 156 valence electrons. The Hall–Kier alpha value is -3.20. The molecular weight excluding hydrogens is 399 g/mol. The fraction of sp³-hybridized carbons (Fsp3) is 0.286. The first kappa shape index (κ1) is 18.8. The van der Waals surface area contributed by atoms with E-state index in [1.54, 1.807) is 23.5 Å². The molecule has 2 aromatic rings. The molecule has 1 fully saturated rings. The average Bonchev–Trinajstić information content (AvgIpc) is 3.36. The molecular formula is C21H18F3N3O3. The van der Waals surface area contributed by atoms with Crippen molar-refractivity contribution < 1.29 is 27.4 Å². The van der Waals surface area contributed by atoms with Crippen LogP contribution in [0, 0.1) is 0 Å². The van der Waals surface area contributed by atoms with E-state index in [-0.39, 0.29) is 25.3 Å². The van der Waals surface area contributed by atoms with Crippen LogP contribution in [0.4, 0.5) is 13.2 Å². The zero-order valence-corrected chi connectivity index (χ0v) is 15.7. The second-order valence-corrected chi connectivity index (χ2v) is 7.42. The molecule has 0 aromatic heterocycles. The van der Waals surface area contributed by atoms with E-state index in [4.69, 9.17) is 9.47 Å². The smallest absolute Gasteiger partial charge is 0.416 e. The Morgan fingerprint density at radius 3 is 2.73 bits per heavy atom. The second-order valence-electron chi connectivity index (χ2n) is 7.42. The maximum atomic E-state index is 13.0. The fourth-order valence-electron chi connectivity index (χ4n) is 3.96. The van der Waals surface area contributed by atoms with Crippen molar-refractivity contribution in [1.82, 2.24) is 15.3 Å². The molecule has 6 nitrogen and oxygen atoms in total. The average molecular weight is 417 g/mol. The number of nitrogens with zero attached hydrogens (tertiary/aromatic N) is 2. The summed E-state index contributed by atoms with van der Waals surface area (Å²) < 4.78 is 49.6. The van der Waals surface area contributed by atoms with Gasteiger partial charge in [-0.3, -0.25) is 4.79 Å². The van der Waals surface area contributed by atoms with Gasteiger partial charge >= 0.3 is 6.18 Å². The SMILES string of the molecule is O=C1C2CC(c3ccc4c(c3)OCO4)NN2C=CN1Cc1cccc(C(F)(F)F)c1. The Balaban J connectivity index is 1.30. The Morgan fingerprint density at radius 2 is 1.90 bits per heavy atom. The van der Waals surface area contributed by atoms with Gasteiger partial charge in [-0.15, -0.1) is 0 Å². The van der Waals surface area contributed by atoms with E-state index in [0.29, 0.717) is 23.5 Å². The van der Waals surface area contributed by atoms with E-state index in [1.165, 1.54) is 11.0 Å². The van der Waals surface area contributed by atoms with Crippen LogP contribution in [0.1, 0.15) is 29.2 Å². The molecule has 0 bridgehead atoms. The van der Waals surface area contributed by atoms with Gasteiger partial charge in [-0.1, -0.05) is 18.2 Å². The van der Waals surface area contributed by atoms with Crippen LogP contribution in [-0.4, -0.2) is 28.7 Å². The zero-order chi connectivity index (χ0) is 20.9. The highest BCUT2D eigenvalue weighted by Gasteiger charge is 2.40. The minimum Gasteiger partial charge on any atom is -0.454 e. The lowest BCUT2D eigenvalue weighted by atomic mass is 10.00. The summed E-state index contributed by atoms with van der Waals surface area (Å²) >= 11 is 0. The number of hydrogen-bond acceptors (Lipinski definition) is 5. The van der Waals surface area contributed by atoms with Crippen LogP contribution in [0.25, 0.3) is 0 Å². The van der Waals surface area contributed by atoms with E-state index in [1.807, 2.05) is 18.2 Å². The van der Waals surface area contributed by atoms with Gasteiger partial charge in [0, 0.05) is 12.4 Å². The summed E-state index contributed by atoms with van der Waals surface area (Å²) in [4.78, 5) is 14.4. The van der Waals surface area contributed by atoms with Crippen molar-refractivity contribution in [2.45, 2.75) is 31.2 Å². The highest BCUT2D eigenvalue weighted by atomic mass is 19.4. The quantitative estimate of drug-likeness (QED) is 0.828. The highest BCUT2D eigenvalue weighted by Crippen LogP contribution is 2.38. The lowest BCUT2D eigenvalue weighted by Gasteiger charge is -2.32. The molecule has 1 saturated heterocycles. The van der Waals surface area contributed by atoms with Crippen LogP contribution in [0.5, 0.6) is 11.5 Å². The Bertz CT molecular complexity index is 1020. The second kappa shape index (κ2) is 6.94. The van der Waals surface area contributed by atoms with Crippen LogP contribution in [0.15, 0.2) is 54.9 Å². The van der Waals surface area contributed by atoms with Gasteiger partial charge in [0.1, 0.15) is 6.04 Å². The number of benzene rings is 2. The van der Waals surface area contributed by atoms with Crippen LogP contribution in [0.3, 0.4) is 0 Å². The molecule has 2 atom stereocenters. The number of hydrazine groups is 1. The normalized spacial score (nSPS) is 22.6. The lowest BCUT2D eigenvalue weighted by molar-refractivity contribution is -0.137. The predicted octanol–water partition coefficient (Wildman–Crippen LogP) is 3.57. The molecule has 9 heteroatoms. The van der Waals surface area contributed by atoms with Crippen molar-refractivity contribution >= 4 is 5.91 Å². The number of alkyl halides is 3. The van der Waals surface area contributed by atoms with Gasteiger partial charge in [-0.05, 0) is 41.8 Å². The number of carbonyl (C=O) groups excluding carboxylic acids is 1. The minimum atomic E-state index is -4.41. The number of hydrogen-bond donors (Lipinski definition) is 1. The third kappa shape index (κ3) is 3.35. The molecule has 3 aliphatic rings. The van der Waals surface area contributed by atoms with Crippen molar-refractivity contribution in [2.24, 2.45) is 0 Å². The summed E-state index contributed by atoms with van der Waals surface area (Å²) in [6.45, 7) is 0.273. The summed E-state index contributed by atoms with van der Waals surface area (Å²) in [6.07, 6.45) is -0.551. The van der Waals surface area contributed by atoms with Gasteiger partial charge in [0.05, 0.1) is 18.2 Å². The number of halogens is 3. The summed E-state index contributed by atoms with van der Waals surface area (Å²) in [6, 6.07) is 10.2. The van der Waals surface area contributed by atoms with Crippen molar-refractivity contribution in [2.75, 3.05) is 6.79 Å². The van der Waals surface area contributed by atoms with Gasteiger partial charge in [0.25, 0.3) is 5.91 Å². The molecule has 0 spiro atoms. The number of carbonyl (C=O) groups is 1. The molecule has 1 amide bonds. The summed E-state index contributed by atoms with van der Waals surface area (Å²) in [5.41, 5.74) is 3.97. The fourth-order valence-corrected chi connectivity index (χ4v) is 3.96. The van der Waals surface area contributed by atoms with Crippen LogP contribution in [-0.2, 0) is 17.5 Å². The zero-order valence-electron chi connectivity index (χ0n) is 15.7. The summed E-state index contributed by atoms with van der Waals surface area (Å²) in [5.74, 6) is 1.20. The van der Waals surface area contributed by atoms with Crippen molar-refractivity contribution in [3.8, 4) is 11.5 Å². The molecule has 2 aromatic carbocycles. The number of nitrogens with one attached hydrogen (secondary N) is 1. The summed E-state index contributed by atoms with van der Waals surface area (Å²) in [5, 5.41) is 1.75. The number of ether oxygens (including phenoxy) is 2. The Kier molecular flexibility index (Phi) is 4.35. The molecule has 0 radical (unpaired) electrons. The Morgan fingerprint density at radius 1 is 1.07 bits per heavy atom. The van der Waals surface area contributed by atoms with E-state index in [0.717, 1.165) is 17.7 Å². The monoisotopic (exact) mass is 417 g/mol. The van der Waals surface area contributed by atoms with Gasteiger partial charge in [0.15, 0.2) is 11.5 Å². The molecule has 2 unspecified atom stereocenters. The third-order valence-corrected chi connectivity index (χ3v) is 5.48. The molecule has 30 heavy (non-hydrogen) atoms. The molecule has 3 heterocycles. The number of amides is 1. The predicted molar refractivity (Wildman–Crippen MR) is 99.8 cm³/mol. The lowest BCUT2D eigenvalue weighted by Crippen LogP contribution is -2.47. The Labute approximate surface area is 170 Å². The highest BCUT2D eigenvalue weighted by molar-refractivity contribution is 5.84. The van der Waals surface area contributed by atoms with Gasteiger partial charge < -0.3 is 19.4 Å². The molecule has 5 rings (SSSR count). The maximum Gasteiger partial charge on any atom is 0.416 e. The van der Waals surface area contributed by atoms with Crippen molar-refractivity contribution in [3.05, 3.63) is 71.6 Å². The first-order valence-corrected chi connectivity index (χ1v) is 9.47. The maximum absolute atomic E-state index is 13.0. The molecule has 1 N–H and O–H groups in total. The topological polar surface area (TPSA) is 54.0 Å². The van der Waals surface area contributed by atoms with E-state index >= 15 is 0 Å². The standard InChI is InChI=1S/C21H18F3N3O3/c22-21(23,24)15-3-1-2-13(8-15)11-26-6-7-27-17(20(26)28)10-16(25-27)14-4-5-18-19(9-14)30-12-29-18/h1-9,16-17,25H,10-12H2. The first-order chi connectivity index (χ1) is 14.4. The molecule has 0 saturated carbocycles. The van der Waals surface area contributed by atoms with Gasteiger partial charge in [0.2, 0.25) is 6.79 Å². The molecule has 3 aliphatic heterocycles. The third-order valence-electron chi connectivity index (χ3n) is 5.48. The number of fused-ring (bicyclic) bond motifs is 2. The van der Waals surface area contributed by atoms with Crippen LogP contribution < -0.4 is 14.9 Å². The van der Waals surface area contributed by atoms with E-state index < -0.39 is 17.8 Å². The van der Waals surface area contributed by atoms with Gasteiger partial charge in [-0.25, -0.2) is 5.43 Å².